The predicted octanol–water partition coefficient (Wildman–Crippen LogP) is 2.94. The van der Waals surface area contributed by atoms with Crippen LogP contribution >= 0.6 is 0 Å². The highest BCUT2D eigenvalue weighted by Crippen LogP contribution is 2.38. The van der Waals surface area contributed by atoms with Gasteiger partial charge in [0, 0.05) is 43.3 Å². The van der Waals surface area contributed by atoms with Crippen molar-refractivity contribution in [3.05, 3.63) is 53.9 Å². The van der Waals surface area contributed by atoms with Crippen LogP contribution in [0.5, 0.6) is 0 Å². The van der Waals surface area contributed by atoms with Gasteiger partial charge in [-0.15, -0.1) is 0 Å². The van der Waals surface area contributed by atoms with Gasteiger partial charge in [0.2, 0.25) is 0 Å². The number of piperidine rings is 1. The second-order valence-corrected chi connectivity index (χ2v) is 6.96. The molecule has 2 aromatic rings. The van der Waals surface area contributed by atoms with Crippen LogP contribution in [-0.2, 0) is 6.54 Å². The molecule has 5 nitrogen and oxygen atoms in total. The maximum atomic E-state index is 12.7. The third kappa shape index (κ3) is 2.84. The first-order valence-corrected chi connectivity index (χ1v) is 8.69. The summed E-state index contributed by atoms with van der Waals surface area (Å²) in [6.07, 6.45) is 6.15. The molecular formula is C19H23N3O2. The highest BCUT2D eigenvalue weighted by atomic mass is 16.5. The maximum absolute atomic E-state index is 12.7. The molecule has 2 saturated heterocycles. The van der Waals surface area contributed by atoms with Crippen molar-refractivity contribution in [1.29, 1.82) is 0 Å². The number of carbonyl (C=O) groups excluding carboxylic acids is 1. The Hall–Kier alpha value is -2.14. The molecule has 1 aromatic carbocycles. The van der Waals surface area contributed by atoms with Crippen LogP contribution in [-0.4, -0.2) is 46.0 Å². The number of amides is 1. The zero-order valence-electron chi connectivity index (χ0n) is 14.0. The van der Waals surface area contributed by atoms with Crippen molar-refractivity contribution in [1.82, 2.24) is 15.0 Å². The molecule has 1 amide bonds. The molecule has 24 heavy (non-hydrogen) atoms. The summed E-state index contributed by atoms with van der Waals surface area (Å²) in [6.45, 7) is 0.856. The van der Waals surface area contributed by atoms with Gasteiger partial charge in [-0.3, -0.25) is 9.69 Å². The fourth-order valence-corrected chi connectivity index (χ4v) is 4.28. The molecular weight excluding hydrogens is 302 g/mol. The van der Waals surface area contributed by atoms with Crippen molar-refractivity contribution < 1.29 is 9.32 Å². The highest BCUT2D eigenvalue weighted by Gasteiger charge is 2.42. The standard InChI is InChI=1S/C19H23N3O2/c1-21(19(23)14-5-3-2-4-6-14)18-11-16-7-8-17(12-18)22(16)13-15-9-10-24-20-15/h2-6,9-10,16-18H,7-8,11-13H2,1H3/t16-,17+,18?. The molecule has 2 aliphatic rings. The molecule has 3 atom stereocenters. The number of nitrogens with zero attached hydrogens (tertiary/aromatic N) is 3. The van der Waals surface area contributed by atoms with Crippen LogP contribution in [0, 0.1) is 0 Å². The Morgan fingerprint density at radius 1 is 1.21 bits per heavy atom. The van der Waals surface area contributed by atoms with E-state index in [9.17, 15) is 4.79 Å². The van der Waals surface area contributed by atoms with E-state index in [1.54, 1.807) is 6.26 Å². The van der Waals surface area contributed by atoms with Crippen LogP contribution in [0.2, 0.25) is 0 Å². The molecule has 2 bridgehead atoms. The Labute approximate surface area is 142 Å². The molecule has 2 fully saturated rings. The first kappa shape index (κ1) is 15.4. The van der Waals surface area contributed by atoms with E-state index >= 15 is 0 Å². The minimum Gasteiger partial charge on any atom is -0.364 e. The molecule has 126 valence electrons. The van der Waals surface area contributed by atoms with E-state index in [2.05, 4.69) is 10.1 Å². The molecule has 0 saturated carbocycles. The minimum atomic E-state index is 0.130. The van der Waals surface area contributed by atoms with Crippen LogP contribution in [0.4, 0.5) is 0 Å². The summed E-state index contributed by atoms with van der Waals surface area (Å²) >= 11 is 0. The Kier molecular flexibility index (Phi) is 4.10. The topological polar surface area (TPSA) is 49.6 Å². The fraction of sp³-hybridized carbons (Fsp3) is 0.474. The number of hydrogen-bond donors (Lipinski definition) is 0. The molecule has 0 aliphatic carbocycles. The van der Waals surface area contributed by atoms with E-state index < -0.39 is 0 Å². The zero-order valence-corrected chi connectivity index (χ0v) is 14.0. The van der Waals surface area contributed by atoms with E-state index in [1.165, 1.54) is 12.8 Å². The summed E-state index contributed by atoms with van der Waals surface area (Å²) in [7, 11) is 1.95. The largest absolute Gasteiger partial charge is 0.364 e. The summed E-state index contributed by atoms with van der Waals surface area (Å²) < 4.78 is 4.96. The van der Waals surface area contributed by atoms with Gasteiger partial charge in [0.15, 0.2) is 0 Å². The molecule has 0 spiro atoms. The van der Waals surface area contributed by atoms with Gasteiger partial charge in [-0.1, -0.05) is 23.4 Å². The SMILES string of the molecule is CN(C(=O)c1ccccc1)C1C[C@H]2CC[C@@H](C1)N2Cc1ccon1. The smallest absolute Gasteiger partial charge is 0.253 e. The van der Waals surface area contributed by atoms with Crippen molar-refractivity contribution in [2.24, 2.45) is 0 Å². The first-order valence-electron chi connectivity index (χ1n) is 8.69. The maximum Gasteiger partial charge on any atom is 0.253 e. The van der Waals surface area contributed by atoms with E-state index in [0.717, 1.165) is 30.6 Å². The van der Waals surface area contributed by atoms with Gasteiger partial charge in [-0.05, 0) is 37.8 Å². The number of rotatable bonds is 4. The lowest BCUT2D eigenvalue weighted by atomic mass is 9.95. The van der Waals surface area contributed by atoms with Gasteiger partial charge >= 0.3 is 0 Å². The second kappa shape index (κ2) is 6.40. The average Bonchev–Trinajstić information content (AvgIpc) is 3.20. The van der Waals surface area contributed by atoms with Crippen LogP contribution in [0.25, 0.3) is 0 Å². The summed E-state index contributed by atoms with van der Waals surface area (Å²) in [5.41, 5.74) is 1.77. The first-order chi connectivity index (χ1) is 11.7. The van der Waals surface area contributed by atoms with Gasteiger partial charge in [0.1, 0.15) is 6.26 Å². The fourth-order valence-electron chi connectivity index (χ4n) is 4.28. The third-order valence-electron chi connectivity index (χ3n) is 5.58. The van der Waals surface area contributed by atoms with Gasteiger partial charge in [0.25, 0.3) is 5.91 Å². The lowest BCUT2D eigenvalue weighted by Gasteiger charge is -2.42. The zero-order chi connectivity index (χ0) is 16.5. The average molecular weight is 325 g/mol. The van der Waals surface area contributed by atoms with Crippen molar-refractivity contribution >= 4 is 5.91 Å². The third-order valence-corrected chi connectivity index (χ3v) is 5.58. The van der Waals surface area contributed by atoms with E-state index in [0.29, 0.717) is 18.1 Å². The summed E-state index contributed by atoms with van der Waals surface area (Å²) in [5.74, 6) is 0.130. The summed E-state index contributed by atoms with van der Waals surface area (Å²) in [4.78, 5) is 17.2. The van der Waals surface area contributed by atoms with E-state index in [1.807, 2.05) is 48.3 Å². The summed E-state index contributed by atoms with van der Waals surface area (Å²) in [5, 5.41) is 4.05. The van der Waals surface area contributed by atoms with Gasteiger partial charge in [-0.25, -0.2) is 0 Å². The minimum absolute atomic E-state index is 0.130. The number of benzene rings is 1. The number of aromatic nitrogens is 1. The van der Waals surface area contributed by atoms with E-state index in [-0.39, 0.29) is 5.91 Å². The normalized spacial score (nSPS) is 26.5. The van der Waals surface area contributed by atoms with Crippen LogP contribution in [0.3, 0.4) is 0 Å². The number of hydrogen-bond acceptors (Lipinski definition) is 4. The molecule has 0 radical (unpaired) electrons. The Morgan fingerprint density at radius 3 is 2.54 bits per heavy atom. The Morgan fingerprint density at radius 2 is 1.92 bits per heavy atom. The highest BCUT2D eigenvalue weighted by molar-refractivity contribution is 5.94. The Balaban J connectivity index is 1.44. The molecule has 2 aliphatic heterocycles. The molecule has 4 rings (SSSR count). The number of carbonyl (C=O) groups is 1. The molecule has 1 unspecified atom stereocenters. The van der Waals surface area contributed by atoms with Crippen molar-refractivity contribution in [2.75, 3.05) is 7.05 Å². The van der Waals surface area contributed by atoms with Crippen molar-refractivity contribution in [3.8, 4) is 0 Å². The molecule has 5 heteroatoms. The van der Waals surface area contributed by atoms with Crippen molar-refractivity contribution in [3.63, 3.8) is 0 Å². The molecule has 0 N–H and O–H groups in total. The van der Waals surface area contributed by atoms with Crippen LogP contribution in [0.1, 0.15) is 41.7 Å². The quantitative estimate of drug-likeness (QED) is 0.867. The lowest BCUT2D eigenvalue weighted by Crippen LogP contribution is -2.50. The lowest BCUT2D eigenvalue weighted by molar-refractivity contribution is 0.0471. The van der Waals surface area contributed by atoms with E-state index in [4.69, 9.17) is 4.52 Å². The van der Waals surface area contributed by atoms with Crippen LogP contribution in [0.15, 0.2) is 47.2 Å². The second-order valence-electron chi connectivity index (χ2n) is 6.96. The van der Waals surface area contributed by atoms with Gasteiger partial charge < -0.3 is 9.42 Å². The monoisotopic (exact) mass is 325 g/mol. The molecule has 1 aromatic heterocycles. The Bertz CT molecular complexity index is 672. The molecule has 3 heterocycles. The van der Waals surface area contributed by atoms with Gasteiger partial charge in [0.05, 0.1) is 5.69 Å². The van der Waals surface area contributed by atoms with Gasteiger partial charge in [-0.2, -0.15) is 0 Å². The van der Waals surface area contributed by atoms with Crippen molar-refractivity contribution in [2.45, 2.75) is 50.4 Å². The number of fused-ring (bicyclic) bond motifs is 2. The summed E-state index contributed by atoms with van der Waals surface area (Å²) in [6, 6.07) is 12.9. The van der Waals surface area contributed by atoms with Crippen LogP contribution < -0.4 is 0 Å². The predicted molar refractivity (Wildman–Crippen MR) is 90.4 cm³/mol.